The van der Waals surface area contributed by atoms with Gasteiger partial charge in [0.05, 0.1) is 11.4 Å². The van der Waals surface area contributed by atoms with Crippen LogP contribution in [0.2, 0.25) is 0 Å². The van der Waals surface area contributed by atoms with Gasteiger partial charge in [0.15, 0.2) is 0 Å². The van der Waals surface area contributed by atoms with Gasteiger partial charge in [0.25, 0.3) is 0 Å². The van der Waals surface area contributed by atoms with Crippen molar-refractivity contribution in [3.63, 3.8) is 0 Å². The minimum atomic E-state index is 0.0622. The second-order valence-electron chi connectivity index (χ2n) is 7.07. The van der Waals surface area contributed by atoms with Crippen LogP contribution in [0, 0.1) is 0 Å². The number of aromatic nitrogens is 2. The highest BCUT2D eigenvalue weighted by molar-refractivity contribution is 5.72. The molecule has 0 spiro atoms. The minimum Gasteiger partial charge on any atom is -0.292 e. The van der Waals surface area contributed by atoms with Crippen molar-refractivity contribution >= 4 is 12.2 Å². The van der Waals surface area contributed by atoms with Crippen molar-refractivity contribution in [1.29, 1.82) is 0 Å². The molecule has 2 nitrogen and oxygen atoms in total. The fraction of sp³-hybridized carbons (Fsp3) is 0.208. The fourth-order valence-corrected chi connectivity index (χ4v) is 3.27. The molecule has 3 rings (SSSR count). The molecule has 0 atom stereocenters. The summed E-state index contributed by atoms with van der Waals surface area (Å²) in [6.07, 6.45) is 4.71. The first-order valence-corrected chi connectivity index (χ1v) is 9.06. The van der Waals surface area contributed by atoms with Crippen LogP contribution in [0.25, 0.3) is 29.2 Å². The molecule has 0 aliphatic rings. The highest BCUT2D eigenvalue weighted by Gasteiger charge is 2.25. The summed E-state index contributed by atoms with van der Waals surface area (Å²) in [5.41, 5.74) is 5.40. The highest BCUT2D eigenvalue weighted by atomic mass is 15.1. The zero-order chi connectivity index (χ0) is 18.7. The van der Waals surface area contributed by atoms with E-state index in [1.807, 2.05) is 24.3 Å². The number of benzene rings is 2. The van der Waals surface area contributed by atoms with Crippen molar-refractivity contribution in [2.75, 3.05) is 0 Å². The number of para-hydroxylation sites is 1. The van der Waals surface area contributed by atoms with Gasteiger partial charge in [-0.3, -0.25) is 4.57 Å². The number of nitrogens with zero attached hydrogens (tertiary/aromatic N) is 2. The SMILES string of the molecule is C=Cc1nc(-c2ccccc2C(C)(C)CC)n(-c2ccccc2)c1C=C. The van der Waals surface area contributed by atoms with E-state index in [1.54, 1.807) is 6.08 Å². The number of hydrogen-bond donors (Lipinski definition) is 0. The third-order valence-corrected chi connectivity index (χ3v) is 5.12. The van der Waals surface area contributed by atoms with E-state index in [-0.39, 0.29) is 5.41 Å². The summed E-state index contributed by atoms with van der Waals surface area (Å²) >= 11 is 0. The van der Waals surface area contributed by atoms with Crippen LogP contribution >= 0.6 is 0 Å². The lowest BCUT2D eigenvalue weighted by Crippen LogP contribution is -2.17. The van der Waals surface area contributed by atoms with E-state index in [9.17, 15) is 0 Å². The van der Waals surface area contributed by atoms with Crippen molar-refractivity contribution in [3.8, 4) is 17.1 Å². The maximum atomic E-state index is 4.93. The second-order valence-corrected chi connectivity index (χ2v) is 7.07. The van der Waals surface area contributed by atoms with Crippen LogP contribution in [-0.4, -0.2) is 9.55 Å². The van der Waals surface area contributed by atoms with Crippen LogP contribution < -0.4 is 0 Å². The first kappa shape index (κ1) is 17.9. The van der Waals surface area contributed by atoms with Crippen molar-refractivity contribution in [1.82, 2.24) is 9.55 Å². The van der Waals surface area contributed by atoms with Gasteiger partial charge in [0, 0.05) is 11.3 Å². The largest absolute Gasteiger partial charge is 0.292 e. The molecule has 0 radical (unpaired) electrons. The Labute approximate surface area is 156 Å². The molecule has 0 amide bonds. The van der Waals surface area contributed by atoms with Gasteiger partial charge >= 0.3 is 0 Å². The van der Waals surface area contributed by atoms with Gasteiger partial charge in [-0.2, -0.15) is 0 Å². The van der Waals surface area contributed by atoms with Gasteiger partial charge in [-0.05, 0) is 41.7 Å². The van der Waals surface area contributed by atoms with Crippen molar-refractivity contribution < 1.29 is 0 Å². The van der Waals surface area contributed by atoms with Crippen LogP contribution in [0.3, 0.4) is 0 Å². The molecular formula is C24H26N2. The van der Waals surface area contributed by atoms with E-state index in [1.165, 1.54) is 5.56 Å². The average molecular weight is 342 g/mol. The molecule has 1 heterocycles. The Morgan fingerprint density at radius 3 is 2.23 bits per heavy atom. The Bertz CT molecular complexity index is 930. The summed E-state index contributed by atoms with van der Waals surface area (Å²) in [5.74, 6) is 0.929. The van der Waals surface area contributed by atoms with Gasteiger partial charge in [-0.1, -0.05) is 76.4 Å². The van der Waals surface area contributed by atoms with E-state index in [4.69, 9.17) is 4.98 Å². The normalized spacial score (nSPS) is 11.3. The molecule has 2 aromatic carbocycles. The van der Waals surface area contributed by atoms with Crippen molar-refractivity contribution in [2.45, 2.75) is 32.6 Å². The summed E-state index contributed by atoms with van der Waals surface area (Å²) < 4.78 is 2.18. The smallest absolute Gasteiger partial charge is 0.146 e. The predicted molar refractivity (Wildman–Crippen MR) is 112 cm³/mol. The standard InChI is InChI=1S/C24H26N2/c1-6-21-22(7-2)26(18-14-10-9-11-15-18)23(25-21)19-16-12-13-17-20(19)24(4,5)8-3/h6-7,9-17H,1-2,8H2,3-5H3. The van der Waals surface area contributed by atoms with E-state index >= 15 is 0 Å². The quantitative estimate of drug-likeness (QED) is 0.499. The third kappa shape index (κ3) is 3.03. The Morgan fingerprint density at radius 1 is 0.962 bits per heavy atom. The maximum Gasteiger partial charge on any atom is 0.146 e. The number of imidazole rings is 1. The zero-order valence-electron chi connectivity index (χ0n) is 15.9. The molecule has 0 N–H and O–H groups in total. The lowest BCUT2D eigenvalue weighted by molar-refractivity contribution is 0.507. The first-order valence-electron chi connectivity index (χ1n) is 9.06. The molecule has 0 saturated heterocycles. The molecule has 132 valence electrons. The second kappa shape index (κ2) is 7.17. The molecule has 0 aliphatic heterocycles. The van der Waals surface area contributed by atoms with Crippen molar-refractivity contribution in [3.05, 3.63) is 84.7 Å². The molecule has 0 bridgehead atoms. The summed E-state index contributed by atoms with van der Waals surface area (Å²) in [4.78, 5) is 4.93. The van der Waals surface area contributed by atoms with Crippen LogP contribution in [0.15, 0.2) is 67.8 Å². The van der Waals surface area contributed by atoms with E-state index in [0.717, 1.165) is 34.9 Å². The Morgan fingerprint density at radius 2 is 1.62 bits per heavy atom. The van der Waals surface area contributed by atoms with E-state index in [2.05, 4.69) is 74.9 Å². The molecule has 0 fully saturated rings. The summed E-state index contributed by atoms with van der Waals surface area (Å²) in [6.45, 7) is 14.7. The molecule has 0 aliphatic carbocycles. The van der Waals surface area contributed by atoms with Crippen LogP contribution in [0.1, 0.15) is 44.1 Å². The molecule has 2 heteroatoms. The van der Waals surface area contributed by atoms with Gasteiger partial charge < -0.3 is 0 Å². The topological polar surface area (TPSA) is 17.8 Å². The number of rotatable bonds is 6. The van der Waals surface area contributed by atoms with Crippen LogP contribution in [-0.2, 0) is 5.41 Å². The van der Waals surface area contributed by atoms with Gasteiger partial charge in [0.2, 0.25) is 0 Å². The average Bonchev–Trinajstić information content (AvgIpc) is 3.07. The molecule has 3 aromatic rings. The predicted octanol–water partition coefficient (Wildman–Crippen LogP) is 6.51. The minimum absolute atomic E-state index is 0.0622. The molecule has 1 aromatic heterocycles. The first-order chi connectivity index (χ1) is 12.5. The van der Waals surface area contributed by atoms with E-state index in [0.29, 0.717) is 0 Å². The third-order valence-electron chi connectivity index (χ3n) is 5.12. The van der Waals surface area contributed by atoms with Crippen molar-refractivity contribution in [2.24, 2.45) is 0 Å². The number of hydrogen-bond acceptors (Lipinski definition) is 1. The summed E-state index contributed by atoms with van der Waals surface area (Å²) in [6, 6.07) is 18.9. The molecular weight excluding hydrogens is 316 g/mol. The maximum absolute atomic E-state index is 4.93. The summed E-state index contributed by atoms with van der Waals surface area (Å²) in [7, 11) is 0. The zero-order valence-corrected chi connectivity index (χ0v) is 15.9. The molecule has 26 heavy (non-hydrogen) atoms. The van der Waals surface area contributed by atoms with Crippen LogP contribution in [0.4, 0.5) is 0 Å². The Hall–Kier alpha value is -2.87. The summed E-state index contributed by atoms with van der Waals surface area (Å²) in [5, 5.41) is 0. The molecule has 0 unspecified atom stereocenters. The Balaban J connectivity index is 2.36. The van der Waals surface area contributed by atoms with Crippen LogP contribution in [0.5, 0.6) is 0 Å². The Kier molecular flexibility index (Phi) is 4.94. The van der Waals surface area contributed by atoms with E-state index < -0.39 is 0 Å². The molecule has 0 saturated carbocycles. The highest BCUT2D eigenvalue weighted by Crippen LogP contribution is 2.37. The lowest BCUT2D eigenvalue weighted by atomic mass is 9.79. The fourth-order valence-electron chi connectivity index (χ4n) is 3.27. The monoisotopic (exact) mass is 342 g/mol. The van der Waals surface area contributed by atoms with Gasteiger partial charge in [0.1, 0.15) is 5.82 Å². The lowest BCUT2D eigenvalue weighted by Gasteiger charge is -2.26. The van der Waals surface area contributed by atoms with Gasteiger partial charge in [-0.15, -0.1) is 0 Å². The van der Waals surface area contributed by atoms with Gasteiger partial charge in [-0.25, -0.2) is 4.98 Å².